The molecule has 0 aromatic rings. The van der Waals surface area contributed by atoms with Gasteiger partial charge >= 0.3 is 5.97 Å². The largest absolute Gasteiger partial charge is 0.462 e. The average molecular weight is 324 g/mol. The van der Waals surface area contributed by atoms with Crippen LogP contribution in [0.15, 0.2) is 22.1 Å². The highest BCUT2D eigenvalue weighted by atomic mass is 32.2. The Morgan fingerprint density at radius 3 is 2.82 bits per heavy atom. The molecule has 0 aromatic carbocycles. The molecule has 2 heterocycles. The van der Waals surface area contributed by atoms with E-state index in [0.29, 0.717) is 67.2 Å². The molecule has 0 unspecified atom stereocenters. The third kappa shape index (κ3) is 3.96. The van der Waals surface area contributed by atoms with Gasteiger partial charge in [-0.05, 0) is 20.3 Å². The molecule has 0 N–H and O–H groups in total. The van der Waals surface area contributed by atoms with Crippen molar-refractivity contribution in [2.45, 2.75) is 20.3 Å². The maximum absolute atomic E-state index is 12.0. The minimum absolute atomic E-state index is 0.325. The molecule has 0 atom stereocenters. The molecule has 2 rings (SSSR count). The quantitative estimate of drug-likeness (QED) is 0.735. The van der Waals surface area contributed by atoms with Crippen molar-refractivity contribution in [1.82, 2.24) is 4.90 Å². The topological polar surface area (TPSA) is 71.8 Å². The lowest BCUT2D eigenvalue weighted by Crippen LogP contribution is -2.37. The lowest BCUT2D eigenvalue weighted by atomic mass is 10.2. The van der Waals surface area contributed by atoms with Crippen LogP contribution in [0.1, 0.15) is 20.3 Å². The number of allylic oxidation sites excluding steroid dienone is 2. The number of carbonyl (C=O) groups excluding carboxylic acids is 1. The van der Waals surface area contributed by atoms with Crippen molar-refractivity contribution in [2.75, 3.05) is 38.7 Å². The highest BCUT2D eigenvalue weighted by Gasteiger charge is 2.25. The SMILES string of the molecule is CCOC(=O)/C1=C(\C)O/C(N2CCOCC2)=C(/C#N)CCS1. The summed E-state index contributed by atoms with van der Waals surface area (Å²) in [4.78, 5) is 14.5. The molecule has 7 heteroatoms. The van der Waals surface area contributed by atoms with Gasteiger partial charge in [-0.15, -0.1) is 11.8 Å². The first-order chi connectivity index (χ1) is 10.7. The maximum Gasteiger partial charge on any atom is 0.348 e. The van der Waals surface area contributed by atoms with E-state index < -0.39 is 0 Å². The summed E-state index contributed by atoms with van der Waals surface area (Å²) in [7, 11) is 0. The van der Waals surface area contributed by atoms with Gasteiger partial charge < -0.3 is 19.1 Å². The van der Waals surface area contributed by atoms with Gasteiger partial charge in [-0.1, -0.05) is 0 Å². The third-order valence-electron chi connectivity index (χ3n) is 3.32. The van der Waals surface area contributed by atoms with Gasteiger partial charge in [0.05, 0.1) is 25.4 Å². The molecule has 0 aliphatic carbocycles. The van der Waals surface area contributed by atoms with Crippen LogP contribution in [-0.4, -0.2) is 49.5 Å². The van der Waals surface area contributed by atoms with Gasteiger partial charge in [-0.25, -0.2) is 4.79 Å². The molecule has 0 aromatic heterocycles. The summed E-state index contributed by atoms with van der Waals surface area (Å²) in [6.07, 6.45) is 0.560. The summed E-state index contributed by atoms with van der Waals surface area (Å²) >= 11 is 1.37. The van der Waals surface area contributed by atoms with Gasteiger partial charge in [0.2, 0.25) is 5.88 Å². The predicted octanol–water partition coefficient (Wildman–Crippen LogP) is 2.00. The molecular weight excluding hydrogens is 304 g/mol. The number of carbonyl (C=O) groups is 1. The fraction of sp³-hybridized carbons (Fsp3) is 0.600. The van der Waals surface area contributed by atoms with Gasteiger partial charge in [0, 0.05) is 18.8 Å². The number of morpholine rings is 1. The number of nitrogens with zero attached hydrogens (tertiary/aromatic N) is 2. The molecule has 0 bridgehead atoms. The van der Waals surface area contributed by atoms with E-state index in [0.717, 1.165) is 0 Å². The highest BCUT2D eigenvalue weighted by molar-refractivity contribution is 8.04. The van der Waals surface area contributed by atoms with E-state index in [1.165, 1.54) is 11.8 Å². The summed E-state index contributed by atoms with van der Waals surface area (Å²) in [5.41, 5.74) is 0.608. The number of ether oxygens (including phenoxy) is 3. The van der Waals surface area contributed by atoms with Crippen LogP contribution >= 0.6 is 11.8 Å². The van der Waals surface area contributed by atoms with Crippen LogP contribution in [0.2, 0.25) is 0 Å². The number of esters is 1. The van der Waals surface area contributed by atoms with E-state index in [-0.39, 0.29) is 5.97 Å². The minimum atomic E-state index is -0.369. The minimum Gasteiger partial charge on any atom is -0.462 e. The van der Waals surface area contributed by atoms with Gasteiger partial charge in [0.15, 0.2) is 0 Å². The number of hydrogen-bond acceptors (Lipinski definition) is 7. The van der Waals surface area contributed by atoms with Gasteiger partial charge in [-0.2, -0.15) is 5.26 Å². The predicted molar refractivity (Wildman–Crippen MR) is 82.5 cm³/mol. The Bertz CT molecular complexity index is 530. The Kier molecular flexibility index (Phi) is 6.16. The van der Waals surface area contributed by atoms with E-state index in [2.05, 4.69) is 6.07 Å². The average Bonchev–Trinajstić information content (AvgIpc) is 2.52. The Balaban J connectivity index is 2.28. The van der Waals surface area contributed by atoms with Crippen LogP contribution in [0, 0.1) is 11.3 Å². The molecule has 0 spiro atoms. The van der Waals surface area contributed by atoms with E-state index >= 15 is 0 Å². The molecule has 1 saturated heterocycles. The number of rotatable bonds is 3. The van der Waals surface area contributed by atoms with Crippen molar-refractivity contribution < 1.29 is 19.0 Å². The summed E-state index contributed by atoms with van der Waals surface area (Å²) in [6.45, 7) is 6.40. The highest BCUT2D eigenvalue weighted by Crippen LogP contribution is 2.31. The van der Waals surface area contributed by atoms with E-state index in [9.17, 15) is 10.1 Å². The van der Waals surface area contributed by atoms with Crippen molar-refractivity contribution in [1.29, 1.82) is 5.26 Å². The second-order valence-corrected chi connectivity index (χ2v) is 5.91. The summed E-state index contributed by atoms with van der Waals surface area (Å²) < 4.78 is 16.3. The van der Waals surface area contributed by atoms with Crippen molar-refractivity contribution >= 4 is 17.7 Å². The first-order valence-electron chi connectivity index (χ1n) is 7.32. The molecule has 0 amide bonds. The van der Waals surface area contributed by atoms with E-state index in [1.807, 2.05) is 4.90 Å². The van der Waals surface area contributed by atoms with Crippen LogP contribution < -0.4 is 0 Å². The number of hydrogen-bond donors (Lipinski definition) is 0. The monoisotopic (exact) mass is 324 g/mol. The van der Waals surface area contributed by atoms with E-state index in [1.54, 1.807) is 13.8 Å². The van der Waals surface area contributed by atoms with Gasteiger partial charge in [-0.3, -0.25) is 0 Å². The smallest absolute Gasteiger partial charge is 0.348 e. The lowest BCUT2D eigenvalue weighted by Gasteiger charge is -2.32. The Hall–Kier alpha value is -1.65. The molecular formula is C15H20N2O4S. The maximum atomic E-state index is 12.0. The second kappa shape index (κ2) is 8.11. The fourth-order valence-corrected chi connectivity index (χ4v) is 3.17. The van der Waals surface area contributed by atoms with Crippen molar-refractivity contribution in [3.8, 4) is 6.07 Å². The van der Waals surface area contributed by atoms with Crippen molar-refractivity contribution in [3.63, 3.8) is 0 Å². The Morgan fingerprint density at radius 2 is 2.18 bits per heavy atom. The summed E-state index contributed by atoms with van der Waals surface area (Å²) in [6, 6.07) is 2.23. The molecule has 2 aliphatic rings. The van der Waals surface area contributed by atoms with Crippen LogP contribution in [0.3, 0.4) is 0 Å². The zero-order valence-corrected chi connectivity index (χ0v) is 13.7. The molecule has 0 radical (unpaired) electrons. The molecule has 22 heavy (non-hydrogen) atoms. The zero-order valence-electron chi connectivity index (χ0n) is 12.9. The van der Waals surface area contributed by atoms with Crippen LogP contribution in [0.5, 0.6) is 0 Å². The van der Waals surface area contributed by atoms with Crippen molar-refractivity contribution in [3.05, 3.63) is 22.1 Å². The zero-order chi connectivity index (χ0) is 15.9. The first kappa shape index (κ1) is 16.7. The van der Waals surface area contributed by atoms with Crippen LogP contribution in [0.4, 0.5) is 0 Å². The summed E-state index contributed by atoms with van der Waals surface area (Å²) in [5, 5.41) is 9.39. The number of nitriles is 1. The molecule has 1 fully saturated rings. The van der Waals surface area contributed by atoms with Gasteiger partial charge in [0.25, 0.3) is 0 Å². The fourth-order valence-electron chi connectivity index (χ4n) is 2.24. The Labute approximate surface area is 134 Å². The summed E-state index contributed by atoms with van der Waals surface area (Å²) in [5.74, 6) is 1.31. The van der Waals surface area contributed by atoms with Crippen LogP contribution in [0.25, 0.3) is 0 Å². The second-order valence-electron chi connectivity index (χ2n) is 4.80. The molecule has 120 valence electrons. The third-order valence-corrected chi connectivity index (χ3v) is 4.47. The molecule has 0 saturated carbocycles. The van der Waals surface area contributed by atoms with E-state index in [4.69, 9.17) is 14.2 Å². The van der Waals surface area contributed by atoms with Crippen molar-refractivity contribution in [2.24, 2.45) is 0 Å². The molecule has 6 nitrogen and oxygen atoms in total. The molecule has 2 aliphatic heterocycles. The standard InChI is InChI=1S/C15H20N2O4S/c1-3-20-15(18)13-11(2)21-14(12(10-16)4-9-22-13)17-5-7-19-8-6-17/h3-9H2,1-2H3/b13-11-,14-12+. The van der Waals surface area contributed by atoms with Gasteiger partial charge in [0.1, 0.15) is 16.7 Å². The first-order valence-corrected chi connectivity index (χ1v) is 8.30. The van der Waals surface area contributed by atoms with Crippen LogP contribution in [-0.2, 0) is 19.0 Å². The number of thioether (sulfide) groups is 1. The lowest BCUT2D eigenvalue weighted by molar-refractivity contribution is -0.137. The Morgan fingerprint density at radius 1 is 1.45 bits per heavy atom. The normalized spacial score (nSPS) is 26.5.